The van der Waals surface area contributed by atoms with Gasteiger partial charge in [0.25, 0.3) is 5.91 Å². The van der Waals surface area contributed by atoms with E-state index in [0.717, 1.165) is 48.3 Å². The lowest BCUT2D eigenvalue weighted by Crippen LogP contribution is -2.23. The Hall–Kier alpha value is -3.59. The third kappa shape index (κ3) is 5.09. The molecule has 5 nitrogen and oxygen atoms in total. The third-order valence-electron chi connectivity index (χ3n) is 5.79. The molecule has 0 fully saturated rings. The van der Waals surface area contributed by atoms with Crippen LogP contribution < -0.4 is 5.32 Å². The Morgan fingerprint density at radius 1 is 1.11 bits per heavy atom. The van der Waals surface area contributed by atoms with Crippen molar-refractivity contribution in [2.75, 3.05) is 0 Å². The fraction of sp³-hybridized carbons (Fsp3) is 0.231. The van der Waals surface area contributed by atoms with Crippen molar-refractivity contribution in [1.82, 2.24) is 5.32 Å². The minimum atomic E-state index is -4.43. The van der Waals surface area contributed by atoms with E-state index in [9.17, 15) is 18.0 Å². The molecule has 180 valence electrons. The largest absolute Gasteiger partial charge is 0.467 e. The van der Waals surface area contributed by atoms with E-state index in [2.05, 4.69) is 10.3 Å². The maximum Gasteiger partial charge on any atom is 0.416 e. The molecule has 0 spiro atoms. The lowest BCUT2D eigenvalue weighted by Gasteiger charge is -2.12. The highest BCUT2D eigenvalue weighted by Crippen LogP contribution is 2.40. The molecule has 0 bridgehead atoms. The van der Waals surface area contributed by atoms with E-state index in [1.807, 2.05) is 0 Å². The Labute approximate surface area is 203 Å². The number of hydrogen-bond donors (Lipinski definition) is 1. The SMILES string of the molecule is O=C(NCc1ccco1)c1c(N=Cc2ccc(-c3cccc(C(F)(F)F)c3)o2)sc2c1CCCC2. The first kappa shape index (κ1) is 23.2. The highest BCUT2D eigenvalue weighted by molar-refractivity contribution is 7.16. The zero-order valence-electron chi connectivity index (χ0n) is 18.5. The Morgan fingerprint density at radius 2 is 1.97 bits per heavy atom. The number of benzene rings is 1. The van der Waals surface area contributed by atoms with Crippen LogP contribution in [0, 0.1) is 0 Å². The molecule has 0 aliphatic heterocycles. The molecule has 4 aromatic rings. The van der Waals surface area contributed by atoms with Gasteiger partial charge in [0.15, 0.2) is 0 Å². The topological polar surface area (TPSA) is 67.7 Å². The third-order valence-corrected chi connectivity index (χ3v) is 6.99. The first-order valence-electron chi connectivity index (χ1n) is 11.1. The van der Waals surface area contributed by atoms with Crippen molar-refractivity contribution in [2.24, 2.45) is 4.99 Å². The summed E-state index contributed by atoms with van der Waals surface area (Å²) in [6.45, 7) is 0.276. The molecule has 1 aliphatic carbocycles. The lowest BCUT2D eigenvalue weighted by molar-refractivity contribution is -0.137. The van der Waals surface area contributed by atoms with E-state index in [1.165, 1.54) is 23.6 Å². The molecule has 1 aromatic carbocycles. The van der Waals surface area contributed by atoms with Gasteiger partial charge in [0.05, 0.1) is 30.1 Å². The van der Waals surface area contributed by atoms with Crippen molar-refractivity contribution in [1.29, 1.82) is 0 Å². The van der Waals surface area contributed by atoms with Gasteiger partial charge in [0.1, 0.15) is 22.3 Å². The number of carbonyl (C=O) groups excluding carboxylic acids is 1. The maximum atomic E-state index is 13.1. The number of aryl methyl sites for hydroxylation is 1. The van der Waals surface area contributed by atoms with E-state index < -0.39 is 11.7 Å². The molecule has 1 amide bonds. The number of halogens is 3. The smallest absolute Gasteiger partial charge is 0.416 e. The van der Waals surface area contributed by atoms with E-state index >= 15 is 0 Å². The van der Waals surface area contributed by atoms with Crippen LogP contribution in [0.4, 0.5) is 18.2 Å². The number of furan rings is 2. The summed E-state index contributed by atoms with van der Waals surface area (Å²) in [5.41, 5.74) is 1.19. The van der Waals surface area contributed by atoms with Gasteiger partial charge in [0.2, 0.25) is 0 Å². The summed E-state index contributed by atoms with van der Waals surface area (Å²) in [6, 6.07) is 11.8. The van der Waals surface area contributed by atoms with Gasteiger partial charge in [-0.15, -0.1) is 11.3 Å². The van der Waals surface area contributed by atoms with Crippen molar-refractivity contribution in [3.05, 3.63) is 87.9 Å². The standard InChI is InChI=1S/C26H21F3N2O3S/c27-26(28,29)17-6-3-5-16(13-17)21-11-10-19(34-21)15-31-25-23(20-8-1-2-9-22(20)35-25)24(32)30-14-18-7-4-12-33-18/h3-7,10-13,15H,1-2,8-9,14H2,(H,30,32). The molecule has 1 N–H and O–H groups in total. The van der Waals surface area contributed by atoms with Crippen LogP contribution in [-0.4, -0.2) is 12.1 Å². The number of amides is 1. The predicted molar refractivity (Wildman–Crippen MR) is 127 cm³/mol. The fourth-order valence-electron chi connectivity index (χ4n) is 4.09. The number of alkyl halides is 3. The molecule has 3 aromatic heterocycles. The monoisotopic (exact) mass is 498 g/mol. The molecule has 35 heavy (non-hydrogen) atoms. The van der Waals surface area contributed by atoms with Gasteiger partial charge < -0.3 is 14.2 Å². The van der Waals surface area contributed by atoms with Crippen LogP contribution in [0.25, 0.3) is 11.3 Å². The zero-order chi connectivity index (χ0) is 24.4. The summed E-state index contributed by atoms with van der Waals surface area (Å²) < 4.78 is 50.2. The zero-order valence-corrected chi connectivity index (χ0v) is 19.3. The van der Waals surface area contributed by atoms with Crippen LogP contribution in [0.3, 0.4) is 0 Å². The Kier molecular flexibility index (Phi) is 6.34. The second kappa shape index (κ2) is 9.58. The van der Waals surface area contributed by atoms with Gasteiger partial charge in [-0.3, -0.25) is 4.79 Å². The maximum absolute atomic E-state index is 13.1. The summed E-state index contributed by atoms with van der Waals surface area (Å²) in [7, 11) is 0. The van der Waals surface area contributed by atoms with Crippen LogP contribution in [0.2, 0.25) is 0 Å². The number of hydrogen-bond acceptors (Lipinski definition) is 5. The number of thiophene rings is 1. The van der Waals surface area contributed by atoms with Crippen molar-refractivity contribution >= 4 is 28.5 Å². The molecule has 0 saturated heterocycles. The van der Waals surface area contributed by atoms with E-state index in [1.54, 1.807) is 36.6 Å². The second-order valence-corrected chi connectivity index (χ2v) is 9.28. The second-order valence-electron chi connectivity index (χ2n) is 8.19. The van der Waals surface area contributed by atoms with Crippen LogP contribution >= 0.6 is 11.3 Å². The molecular weight excluding hydrogens is 477 g/mol. The molecular formula is C26H21F3N2O3S. The van der Waals surface area contributed by atoms with Crippen molar-refractivity contribution < 1.29 is 26.8 Å². The van der Waals surface area contributed by atoms with Gasteiger partial charge in [-0.05, 0) is 67.6 Å². The number of nitrogens with one attached hydrogen (secondary N) is 1. The Balaban J connectivity index is 1.39. The predicted octanol–water partition coefficient (Wildman–Crippen LogP) is 7.18. The van der Waals surface area contributed by atoms with Crippen molar-refractivity contribution in [2.45, 2.75) is 38.4 Å². The van der Waals surface area contributed by atoms with Crippen LogP contribution in [0.15, 0.2) is 68.6 Å². The van der Waals surface area contributed by atoms with Crippen molar-refractivity contribution in [3.8, 4) is 11.3 Å². The number of nitrogens with zero attached hydrogens (tertiary/aromatic N) is 1. The van der Waals surface area contributed by atoms with Crippen LogP contribution in [0.5, 0.6) is 0 Å². The highest BCUT2D eigenvalue weighted by Gasteiger charge is 2.30. The van der Waals surface area contributed by atoms with Crippen LogP contribution in [0.1, 0.15) is 50.7 Å². The highest BCUT2D eigenvalue weighted by atomic mass is 32.1. The van der Waals surface area contributed by atoms with Gasteiger partial charge >= 0.3 is 6.18 Å². The summed E-state index contributed by atoms with van der Waals surface area (Å²) in [6.07, 6.45) is 2.45. The minimum absolute atomic E-state index is 0.211. The van der Waals surface area contributed by atoms with Gasteiger partial charge in [-0.1, -0.05) is 12.1 Å². The summed E-state index contributed by atoms with van der Waals surface area (Å²) in [5, 5.41) is 3.49. The van der Waals surface area contributed by atoms with E-state index in [4.69, 9.17) is 8.83 Å². The molecule has 1 aliphatic rings. The minimum Gasteiger partial charge on any atom is -0.467 e. The Bertz CT molecular complexity index is 1370. The first-order valence-corrected chi connectivity index (χ1v) is 12.0. The summed E-state index contributed by atoms with van der Waals surface area (Å²) in [5.74, 6) is 1.13. The molecule has 0 atom stereocenters. The van der Waals surface area contributed by atoms with E-state index in [-0.39, 0.29) is 12.5 Å². The fourth-order valence-corrected chi connectivity index (χ4v) is 5.32. The molecule has 0 saturated carbocycles. The normalized spacial score (nSPS) is 13.8. The average molecular weight is 499 g/mol. The first-order chi connectivity index (χ1) is 16.9. The lowest BCUT2D eigenvalue weighted by atomic mass is 9.95. The Morgan fingerprint density at radius 3 is 2.77 bits per heavy atom. The quantitative estimate of drug-likeness (QED) is 0.286. The number of carbonyl (C=O) groups is 1. The molecule has 5 rings (SSSR count). The summed E-state index contributed by atoms with van der Waals surface area (Å²) in [4.78, 5) is 18.8. The molecule has 3 heterocycles. The van der Waals surface area contributed by atoms with Crippen LogP contribution in [-0.2, 0) is 25.6 Å². The van der Waals surface area contributed by atoms with Gasteiger partial charge in [-0.2, -0.15) is 13.2 Å². The number of rotatable bonds is 6. The molecule has 0 unspecified atom stereocenters. The number of aliphatic imine (C=N–C) groups is 1. The molecule has 0 radical (unpaired) electrons. The summed E-state index contributed by atoms with van der Waals surface area (Å²) >= 11 is 1.49. The number of fused-ring (bicyclic) bond motifs is 1. The van der Waals surface area contributed by atoms with Crippen molar-refractivity contribution in [3.63, 3.8) is 0 Å². The van der Waals surface area contributed by atoms with Gasteiger partial charge in [0, 0.05) is 10.4 Å². The van der Waals surface area contributed by atoms with Gasteiger partial charge in [-0.25, -0.2) is 4.99 Å². The average Bonchev–Trinajstić information content (AvgIpc) is 3.60. The van der Waals surface area contributed by atoms with E-state index in [0.29, 0.717) is 33.4 Å². The molecule has 9 heteroatoms.